The monoisotopic (exact) mass is 700 g/mol. The van der Waals surface area contributed by atoms with Crippen LogP contribution in [-0.2, 0) is 21.3 Å². The number of anilines is 2. The van der Waals surface area contributed by atoms with Gasteiger partial charge in [0.2, 0.25) is 0 Å². The van der Waals surface area contributed by atoms with Crippen molar-refractivity contribution in [2.24, 2.45) is 0 Å². The molecule has 0 heterocycles. The third-order valence-electron chi connectivity index (χ3n) is 9.04. The summed E-state index contributed by atoms with van der Waals surface area (Å²) in [6, 6.07) is 37.2. The van der Waals surface area contributed by atoms with Crippen molar-refractivity contribution in [2.45, 2.75) is 37.7 Å². The molecule has 5 heteroatoms. The van der Waals surface area contributed by atoms with Gasteiger partial charge in [0.05, 0.1) is 0 Å². The summed E-state index contributed by atoms with van der Waals surface area (Å²) in [5.41, 5.74) is 11.4. The van der Waals surface area contributed by atoms with E-state index in [1.54, 1.807) is 6.49 Å². The van der Waals surface area contributed by atoms with Gasteiger partial charge in [0.25, 0.3) is 0 Å². The Balaban J connectivity index is 0.00000221. The average Bonchev–Trinajstić information content (AvgIpc) is 3.68. The van der Waals surface area contributed by atoms with Crippen LogP contribution >= 0.6 is 24.8 Å². The molecule has 0 aliphatic heterocycles. The van der Waals surface area contributed by atoms with E-state index >= 15 is 0 Å². The molecule has 44 heavy (non-hydrogen) atoms. The largest absolute Gasteiger partial charge is 0.147 e. The van der Waals surface area contributed by atoms with Gasteiger partial charge in [0.1, 0.15) is 0 Å². The van der Waals surface area contributed by atoms with Gasteiger partial charge < -0.3 is 0 Å². The van der Waals surface area contributed by atoms with Crippen LogP contribution in [-0.4, -0.2) is 29.4 Å². The Morgan fingerprint density at radius 3 is 1.48 bits per heavy atom. The van der Waals surface area contributed by atoms with Crippen molar-refractivity contribution >= 4 is 39.4 Å². The Hall–Kier alpha value is -2.71. The second kappa shape index (κ2) is 15.5. The fourth-order valence-electron chi connectivity index (χ4n) is 6.94. The Labute approximate surface area is 284 Å². The Morgan fingerprint density at radius 2 is 1.09 bits per heavy atom. The van der Waals surface area contributed by atoms with E-state index in [0.29, 0.717) is 3.63 Å². The summed E-state index contributed by atoms with van der Waals surface area (Å²) in [4.78, 5) is 5.00. The van der Waals surface area contributed by atoms with Crippen LogP contribution in [0.2, 0.25) is 0 Å². The van der Waals surface area contributed by atoms with Crippen LogP contribution in [0.3, 0.4) is 0 Å². The van der Waals surface area contributed by atoms with Crippen molar-refractivity contribution in [2.75, 3.05) is 36.0 Å². The third kappa shape index (κ3) is 6.48. The standard InChI is InChI=1S/C21H27N2.C13H10.C5H5.2ClH.Zr/c1-5-22(6-2)18-9-11-20-16(14-18)13-17-15-19(10-12-21(17)20)23(7-3)8-4;1-3-7-12(8-4-1)11-13-9-5-2-6-10-13;1-2-4-5-3-1;;;/h9-15H,5-8H2,1-4H3;1-10H;1-3H,4H2;2*1H;. The molecule has 4 aromatic carbocycles. The van der Waals surface area contributed by atoms with E-state index in [4.69, 9.17) is 0 Å². The number of benzene rings is 4. The zero-order valence-corrected chi connectivity index (χ0v) is 30.4. The van der Waals surface area contributed by atoms with Gasteiger partial charge >= 0.3 is 262 Å². The van der Waals surface area contributed by atoms with Gasteiger partial charge in [-0.1, -0.05) is 0 Å². The fraction of sp³-hybridized carbons (Fsp3) is 0.256. The first-order chi connectivity index (χ1) is 20.7. The summed E-state index contributed by atoms with van der Waals surface area (Å²) >= 11 is -2.69. The van der Waals surface area contributed by atoms with Gasteiger partial charge in [-0.05, 0) is 0 Å². The number of nitrogens with zero attached hydrogens (tertiary/aromatic N) is 2. The van der Waals surface area contributed by atoms with Crippen molar-refractivity contribution in [3.8, 4) is 11.1 Å². The first kappa shape index (κ1) is 34.2. The first-order valence-electron chi connectivity index (χ1n) is 15.7. The Kier molecular flexibility index (Phi) is 12.1. The van der Waals surface area contributed by atoms with Crippen LogP contribution in [0.25, 0.3) is 11.1 Å². The molecular weight excluding hydrogens is 659 g/mol. The van der Waals surface area contributed by atoms with E-state index < -0.39 is 21.3 Å². The minimum atomic E-state index is -2.69. The molecule has 0 spiro atoms. The minimum absolute atomic E-state index is 0. The van der Waals surface area contributed by atoms with Gasteiger partial charge in [-0.2, -0.15) is 0 Å². The SMILES string of the molecule is CCN(CC)c1ccc2c(c1)[CH]([Zr]([C]1=CC=CC1)=[C](c1ccccc1)c1ccccc1)c1cc(N(CC)CC)ccc1-2.Cl.Cl. The quantitative estimate of drug-likeness (QED) is 0.162. The molecule has 2 aliphatic carbocycles. The summed E-state index contributed by atoms with van der Waals surface area (Å²) in [6.07, 6.45) is 8.23. The Bertz CT molecular complexity index is 1550. The molecule has 2 nitrogen and oxygen atoms in total. The van der Waals surface area contributed by atoms with Crippen LogP contribution in [0.5, 0.6) is 0 Å². The molecule has 0 atom stereocenters. The molecule has 0 amide bonds. The van der Waals surface area contributed by atoms with Gasteiger partial charge in [0.15, 0.2) is 0 Å². The molecule has 0 fully saturated rings. The number of allylic oxidation sites excluding steroid dienone is 4. The molecule has 0 saturated heterocycles. The van der Waals surface area contributed by atoms with Crippen LogP contribution < -0.4 is 9.80 Å². The van der Waals surface area contributed by atoms with Crippen molar-refractivity contribution in [3.05, 3.63) is 141 Å². The molecule has 6 rings (SSSR count). The zero-order valence-electron chi connectivity index (χ0n) is 26.3. The molecule has 0 N–H and O–H groups in total. The second-order valence-corrected chi connectivity index (χ2v) is 17.4. The molecule has 0 aromatic heterocycles. The smallest absolute Gasteiger partial charge is 0.147 e. The van der Waals surface area contributed by atoms with Crippen LogP contribution in [0.4, 0.5) is 11.4 Å². The van der Waals surface area contributed by atoms with Crippen molar-refractivity contribution in [3.63, 3.8) is 0 Å². The first-order valence-corrected chi connectivity index (χ1v) is 19.5. The van der Waals surface area contributed by atoms with Crippen LogP contribution in [0, 0.1) is 0 Å². The summed E-state index contributed by atoms with van der Waals surface area (Å²) in [6.45, 7) is 13.2. The van der Waals surface area contributed by atoms with Gasteiger partial charge in [-0.15, -0.1) is 24.8 Å². The summed E-state index contributed by atoms with van der Waals surface area (Å²) in [7, 11) is 0. The number of fused-ring (bicyclic) bond motifs is 3. The summed E-state index contributed by atoms with van der Waals surface area (Å²) in [5, 5.41) is 0. The average molecular weight is 703 g/mol. The molecule has 0 unspecified atom stereocenters. The molecule has 228 valence electrons. The van der Waals surface area contributed by atoms with Crippen molar-refractivity contribution < 1.29 is 21.3 Å². The fourth-order valence-corrected chi connectivity index (χ4v) is 15.9. The van der Waals surface area contributed by atoms with E-state index in [-0.39, 0.29) is 24.8 Å². The number of rotatable bonds is 10. The van der Waals surface area contributed by atoms with Crippen molar-refractivity contribution in [1.82, 2.24) is 0 Å². The van der Waals surface area contributed by atoms with Crippen molar-refractivity contribution in [1.29, 1.82) is 0 Å². The van der Waals surface area contributed by atoms with E-state index in [2.05, 4.69) is 153 Å². The maximum atomic E-state index is 2.56. The van der Waals surface area contributed by atoms with Crippen LogP contribution in [0.15, 0.2) is 119 Å². The summed E-state index contributed by atoms with van der Waals surface area (Å²) < 4.78 is 3.70. The predicted molar refractivity (Wildman–Crippen MR) is 193 cm³/mol. The number of hydrogen-bond acceptors (Lipinski definition) is 2. The van der Waals surface area contributed by atoms with Gasteiger partial charge in [0, 0.05) is 0 Å². The van der Waals surface area contributed by atoms with Gasteiger partial charge in [-0.25, -0.2) is 0 Å². The summed E-state index contributed by atoms with van der Waals surface area (Å²) in [5.74, 6) is 0. The second-order valence-electron chi connectivity index (χ2n) is 11.2. The zero-order chi connectivity index (χ0) is 29.1. The molecule has 0 saturated carbocycles. The number of hydrogen-bond donors (Lipinski definition) is 0. The van der Waals surface area contributed by atoms with Crippen LogP contribution in [0.1, 0.15) is 60.0 Å². The maximum absolute atomic E-state index is 2.69. The van der Waals surface area contributed by atoms with E-state index in [1.165, 1.54) is 44.8 Å². The van der Waals surface area contributed by atoms with E-state index in [1.807, 2.05) is 0 Å². The van der Waals surface area contributed by atoms with E-state index in [0.717, 1.165) is 32.6 Å². The molecule has 4 aromatic rings. The molecule has 0 bridgehead atoms. The topological polar surface area (TPSA) is 6.48 Å². The predicted octanol–water partition coefficient (Wildman–Crippen LogP) is 10.0. The molecular formula is C39H44Cl2N2Zr. The molecule has 0 radical (unpaired) electrons. The van der Waals surface area contributed by atoms with E-state index in [9.17, 15) is 0 Å². The third-order valence-corrected chi connectivity index (χ3v) is 17.3. The normalized spacial score (nSPS) is 12.9. The Morgan fingerprint density at radius 1 is 0.636 bits per heavy atom. The van der Waals surface area contributed by atoms with Gasteiger partial charge in [-0.3, -0.25) is 0 Å². The molecule has 2 aliphatic rings. The maximum Gasteiger partial charge on any atom is -0.147 e. The number of halogens is 2. The minimum Gasteiger partial charge on any atom is -0.147 e.